The molecule has 1 aliphatic heterocycles. The zero-order valence-electron chi connectivity index (χ0n) is 7.78. The van der Waals surface area contributed by atoms with E-state index in [1.807, 2.05) is 30.8 Å². The van der Waals surface area contributed by atoms with Gasteiger partial charge in [-0.05, 0) is 22.9 Å². The van der Waals surface area contributed by atoms with Crippen LogP contribution in [-0.2, 0) is 0 Å². The molecule has 0 fully saturated rings. The topological polar surface area (TPSA) is 18.5 Å². The van der Waals surface area contributed by atoms with Crippen LogP contribution in [0.15, 0.2) is 36.4 Å². The third-order valence-electron chi connectivity index (χ3n) is 2.32. The van der Waals surface area contributed by atoms with Gasteiger partial charge in [0.25, 0.3) is 0 Å². The van der Waals surface area contributed by atoms with Gasteiger partial charge in [-0.25, -0.2) is 0 Å². The average Bonchev–Trinajstić information content (AvgIpc) is 2.53. The fourth-order valence-electron chi connectivity index (χ4n) is 1.69. The maximum absolute atomic E-state index is 5.59. The molecule has 2 aromatic carbocycles. The van der Waals surface area contributed by atoms with Crippen LogP contribution in [-0.4, -0.2) is 9.28 Å². The van der Waals surface area contributed by atoms with Crippen LogP contribution in [0.25, 0.3) is 10.8 Å². The molecule has 3 rings (SSSR count). The van der Waals surface area contributed by atoms with E-state index in [4.69, 9.17) is 8.85 Å². The Morgan fingerprint density at radius 3 is 1.93 bits per heavy atom. The van der Waals surface area contributed by atoms with Crippen LogP contribution in [0.4, 0.5) is 0 Å². The van der Waals surface area contributed by atoms with Crippen LogP contribution < -0.4 is 8.85 Å². The van der Waals surface area contributed by atoms with E-state index in [9.17, 15) is 0 Å². The first-order chi connectivity index (χ1) is 6.83. The molecule has 69 valence electrons. The number of rotatable bonds is 0. The second-order valence-corrected chi connectivity index (χ2v) is 4.73. The molecule has 1 heterocycles. The van der Waals surface area contributed by atoms with E-state index in [0.29, 0.717) is 0 Å². The Morgan fingerprint density at radius 2 is 1.43 bits per heavy atom. The van der Waals surface area contributed by atoms with Gasteiger partial charge in [0, 0.05) is 6.55 Å². The summed E-state index contributed by atoms with van der Waals surface area (Å²) < 4.78 is 11.2. The van der Waals surface area contributed by atoms with Crippen LogP contribution >= 0.6 is 0 Å². The van der Waals surface area contributed by atoms with Gasteiger partial charge in [-0.15, -0.1) is 0 Å². The van der Waals surface area contributed by atoms with Gasteiger partial charge in [-0.2, -0.15) is 0 Å². The summed E-state index contributed by atoms with van der Waals surface area (Å²) in [4.78, 5) is 0. The minimum atomic E-state index is -1.09. The Balaban J connectivity index is 2.27. The minimum absolute atomic E-state index is 0.889. The summed E-state index contributed by atoms with van der Waals surface area (Å²) in [5, 5.41) is 2.40. The molecule has 0 aromatic heterocycles. The van der Waals surface area contributed by atoms with E-state index < -0.39 is 9.28 Å². The number of hydrogen-bond acceptors (Lipinski definition) is 2. The first-order valence-electron chi connectivity index (χ1n) is 4.55. The van der Waals surface area contributed by atoms with Crippen molar-refractivity contribution < 1.29 is 8.85 Å². The molecule has 3 heteroatoms. The van der Waals surface area contributed by atoms with Crippen molar-refractivity contribution in [3.8, 4) is 11.5 Å². The predicted octanol–water partition coefficient (Wildman–Crippen LogP) is 2.73. The van der Waals surface area contributed by atoms with Gasteiger partial charge in [0.15, 0.2) is 0 Å². The maximum Gasteiger partial charge on any atom is 0.529 e. The lowest BCUT2D eigenvalue weighted by molar-refractivity contribution is 0.510. The molecular weight excluding hydrogens is 192 g/mol. The lowest BCUT2D eigenvalue weighted by Gasteiger charge is -2.00. The quantitative estimate of drug-likeness (QED) is 0.610. The third-order valence-corrected chi connectivity index (χ3v) is 3.33. The minimum Gasteiger partial charge on any atom is -0.507 e. The van der Waals surface area contributed by atoms with Gasteiger partial charge >= 0.3 is 9.28 Å². The second kappa shape index (κ2) is 2.75. The maximum atomic E-state index is 5.59. The molecule has 0 unspecified atom stereocenters. The molecule has 0 saturated heterocycles. The van der Waals surface area contributed by atoms with Crippen molar-refractivity contribution in [1.82, 2.24) is 0 Å². The van der Waals surface area contributed by atoms with Crippen molar-refractivity contribution in [2.24, 2.45) is 0 Å². The lowest BCUT2D eigenvalue weighted by atomic mass is 10.1. The zero-order chi connectivity index (χ0) is 9.54. The van der Waals surface area contributed by atoms with Crippen molar-refractivity contribution in [3.63, 3.8) is 0 Å². The molecule has 0 bridgehead atoms. The molecule has 1 radical (unpaired) electrons. The summed E-state index contributed by atoms with van der Waals surface area (Å²) in [6, 6.07) is 12.3. The van der Waals surface area contributed by atoms with Crippen molar-refractivity contribution in [2.75, 3.05) is 0 Å². The molecule has 0 spiro atoms. The molecule has 0 atom stereocenters. The summed E-state index contributed by atoms with van der Waals surface area (Å²) >= 11 is 0. The van der Waals surface area contributed by atoms with Gasteiger partial charge in [-0.3, -0.25) is 0 Å². The van der Waals surface area contributed by atoms with Crippen molar-refractivity contribution in [1.29, 1.82) is 0 Å². The summed E-state index contributed by atoms with van der Waals surface area (Å²) in [5.74, 6) is 1.78. The first-order valence-corrected chi connectivity index (χ1v) is 6.37. The fraction of sp³-hybridized carbons (Fsp3) is 0.0909. The SMILES string of the molecule is C[Si]1Oc2cc3ccccc3cc2O1. The number of hydrogen-bond donors (Lipinski definition) is 0. The fourth-order valence-corrected chi connectivity index (χ4v) is 2.67. The van der Waals surface area contributed by atoms with Crippen LogP contribution in [0.1, 0.15) is 0 Å². The van der Waals surface area contributed by atoms with Gasteiger partial charge in [0.1, 0.15) is 11.5 Å². The standard InChI is InChI=1S/C11H9O2Si/c1-14-12-10-6-8-4-2-3-5-9(8)7-11(10)13-14/h2-7H,1H3. The Labute approximate surface area is 83.9 Å². The largest absolute Gasteiger partial charge is 0.529 e. The molecule has 2 aromatic rings. The normalized spacial score (nSPS) is 14.9. The smallest absolute Gasteiger partial charge is 0.507 e. The van der Waals surface area contributed by atoms with Gasteiger partial charge in [0.2, 0.25) is 0 Å². The molecule has 0 aliphatic carbocycles. The monoisotopic (exact) mass is 201 g/mol. The third kappa shape index (κ3) is 1.09. The van der Waals surface area contributed by atoms with Crippen LogP contribution in [0, 0.1) is 0 Å². The second-order valence-electron chi connectivity index (χ2n) is 3.34. The van der Waals surface area contributed by atoms with E-state index >= 15 is 0 Å². The highest BCUT2D eigenvalue weighted by Crippen LogP contribution is 2.36. The average molecular weight is 201 g/mol. The van der Waals surface area contributed by atoms with E-state index in [-0.39, 0.29) is 0 Å². The first kappa shape index (κ1) is 7.88. The Hall–Kier alpha value is -1.48. The molecule has 14 heavy (non-hydrogen) atoms. The number of fused-ring (bicyclic) bond motifs is 2. The highest BCUT2D eigenvalue weighted by Gasteiger charge is 2.24. The summed E-state index contributed by atoms with van der Waals surface area (Å²) in [7, 11) is -1.09. The summed E-state index contributed by atoms with van der Waals surface area (Å²) in [6.45, 7) is 2.00. The van der Waals surface area contributed by atoms with E-state index in [1.54, 1.807) is 0 Å². The van der Waals surface area contributed by atoms with E-state index in [2.05, 4.69) is 12.1 Å². The van der Waals surface area contributed by atoms with Crippen LogP contribution in [0.5, 0.6) is 11.5 Å². The molecular formula is C11H9O2Si. The highest BCUT2D eigenvalue weighted by molar-refractivity contribution is 6.46. The van der Waals surface area contributed by atoms with Crippen molar-refractivity contribution >= 4 is 20.1 Å². The van der Waals surface area contributed by atoms with E-state index in [1.165, 1.54) is 10.8 Å². The Bertz CT molecular complexity index is 451. The summed E-state index contributed by atoms with van der Waals surface area (Å²) in [6.07, 6.45) is 0. The summed E-state index contributed by atoms with van der Waals surface area (Å²) in [5.41, 5.74) is 0. The zero-order valence-corrected chi connectivity index (χ0v) is 8.78. The molecule has 0 amide bonds. The van der Waals surface area contributed by atoms with Gasteiger partial charge in [0.05, 0.1) is 0 Å². The van der Waals surface area contributed by atoms with Crippen LogP contribution in [0.3, 0.4) is 0 Å². The number of benzene rings is 2. The van der Waals surface area contributed by atoms with Crippen LogP contribution in [0.2, 0.25) is 6.55 Å². The molecule has 0 N–H and O–H groups in total. The predicted molar refractivity (Wildman–Crippen MR) is 56.8 cm³/mol. The lowest BCUT2D eigenvalue weighted by Crippen LogP contribution is -2.18. The van der Waals surface area contributed by atoms with Crippen molar-refractivity contribution in [2.45, 2.75) is 6.55 Å². The highest BCUT2D eigenvalue weighted by atomic mass is 28.3. The Kier molecular flexibility index (Phi) is 1.55. The van der Waals surface area contributed by atoms with Gasteiger partial charge in [-0.1, -0.05) is 24.3 Å². The van der Waals surface area contributed by atoms with Crippen molar-refractivity contribution in [3.05, 3.63) is 36.4 Å². The molecule has 0 saturated carbocycles. The Morgan fingerprint density at radius 1 is 0.929 bits per heavy atom. The van der Waals surface area contributed by atoms with Gasteiger partial charge < -0.3 is 8.85 Å². The molecule has 2 nitrogen and oxygen atoms in total. The molecule has 1 aliphatic rings. The van der Waals surface area contributed by atoms with E-state index in [0.717, 1.165) is 11.5 Å².